The van der Waals surface area contributed by atoms with Gasteiger partial charge in [-0.05, 0) is 25.5 Å². The largest absolute Gasteiger partial charge is 0.300 e. The molecule has 0 bridgehead atoms. The molecule has 0 spiro atoms. The Hall–Kier alpha value is -1.75. The Kier molecular flexibility index (Phi) is 4.84. The van der Waals surface area contributed by atoms with E-state index in [9.17, 15) is 14.9 Å². The number of nitrogens with zero attached hydrogens (tertiary/aromatic N) is 2. The topological polar surface area (TPSA) is 63.5 Å². The highest BCUT2D eigenvalue weighted by molar-refractivity contribution is 5.75. The number of ketones is 1. The normalized spacial score (nSPS) is 23.4. The van der Waals surface area contributed by atoms with Crippen LogP contribution in [0.25, 0.3) is 0 Å². The zero-order valence-electron chi connectivity index (χ0n) is 11.7. The van der Waals surface area contributed by atoms with Crippen LogP contribution in [0.3, 0.4) is 0 Å². The molecule has 1 saturated heterocycles. The fourth-order valence-electron chi connectivity index (χ4n) is 2.88. The molecule has 2 atom stereocenters. The summed E-state index contributed by atoms with van der Waals surface area (Å²) in [6.07, 6.45) is 1.04. The van der Waals surface area contributed by atoms with E-state index in [1.807, 2.05) is 30.3 Å². The predicted octanol–water partition coefficient (Wildman–Crippen LogP) is 2.13. The van der Waals surface area contributed by atoms with E-state index < -0.39 is 6.04 Å². The molecule has 20 heavy (non-hydrogen) atoms. The first kappa shape index (κ1) is 14.7. The molecule has 0 amide bonds. The Morgan fingerprint density at radius 1 is 1.40 bits per heavy atom. The van der Waals surface area contributed by atoms with Gasteiger partial charge in [-0.15, -0.1) is 0 Å². The smallest absolute Gasteiger partial charge is 0.228 e. The van der Waals surface area contributed by atoms with Crippen LogP contribution in [0.4, 0.5) is 0 Å². The van der Waals surface area contributed by atoms with Crippen LogP contribution in [0, 0.1) is 16.0 Å². The summed E-state index contributed by atoms with van der Waals surface area (Å²) in [6.45, 7) is 3.49. The first-order valence-corrected chi connectivity index (χ1v) is 6.95. The molecule has 1 aliphatic heterocycles. The molecule has 1 aliphatic rings. The van der Waals surface area contributed by atoms with Gasteiger partial charge in [-0.1, -0.05) is 30.3 Å². The first-order valence-electron chi connectivity index (χ1n) is 6.95. The van der Waals surface area contributed by atoms with E-state index in [4.69, 9.17) is 0 Å². The highest BCUT2D eigenvalue weighted by Gasteiger charge is 2.37. The average molecular weight is 276 g/mol. The van der Waals surface area contributed by atoms with Gasteiger partial charge in [0.05, 0.1) is 6.54 Å². The molecule has 0 N–H and O–H groups in total. The zero-order valence-corrected chi connectivity index (χ0v) is 11.7. The van der Waals surface area contributed by atoms with E-state index in [1.165, 1.54) is 12.5 Å². The summed E-state index contributed by atoms with van der Waals surface area (Å²) in [7, 11) is 0. The molecule has 2 unspecified atom stereocenters. The van der Waals surface area contributed by atoms with Crippen LogP contribution in [-0.2, 0) is 11.3 Å². The highest BCUT2D eigenvalue weighted by atomic mass is 16.6. The first-order chi connectivity index (χ1) is 9.56. The van der Waals surface area contributed by atoms with Crippen LogP contribution in [-0.4, -0.2) is 34.7 Å². The highest BCUT2D eigenvalue weighted by Crippen LogP contribution is 2.24. The van der Waals surface area contributed by atoms with Crippen LogP contribution >= 0.6 is 0 Å². The van der Waals surface area contributed by atoms with Gasteiger partial charge in [0, 0.05) is 23.8 Å². The van der Waals surface area contributed by atoms with Crippen LogP contribution in [0.2, 0.25) is 0 Å². The standard InChI is InChI=1S/C15H20N2O3/c1-12(18)9-14-7-8-16(11-15(14)17(19)20)10-13-5-3-2-4-6-13/h2-6,14-15H,7-11H2,1H3. The monoisotopic (exact) mass is 276 g/mol. The molecular formula is C15H20N2O3. The van der Waals surface area contributed by atoms with Crippen molar-refractivity contribution in [1.29, 1.82) is 0 Å². The second-order valence-electron chi connectivity index (χ2n) is 5.53. The maximum atomic E-state index is 11.2. The lowest BCUT2D eigenvalue weighted by Crippen LogP contribution is -2.47. The molecular weight excluding hydrogens is 256 g/mol. The van der Waals surface area contributed by atoms with E-state index in [1.54, 1.807) is 0 Å². The van der Waals surface area contributed by atoms with Crippen molar-refractivity contribution in [2.24, 2.45) is 5.92 Å². The zero-order chi connectivity index (χ0) is 14.5. The lowest BCUT2D eigenvalue weighted by molar-refractivity contribution is -0.535. The summed E-state index contributed by atoms with van der Waals surface area (Å²) >= 11 is 0. The van der Waals surface area contributed by atoms with E-state index >= 15 is 0 Å². The van der Waals surface area contributed by atoms with Gasteiger partial charge in [-0.3, -0.25) is 15.0 Å². The maximum Gasteiger partial charge on any atom is 0.228 e. The Bertz CT molecular complexity index is 475. The summed E-state index contributed by atoms with van der Waals surface area (Å²) < 4.78 is 0. The lowest BCUT2D eigenvalue weighted by atomic mass is 9.87. The fourth-order valence-corrected chi connectivity index (χ4v) is 2.88. The van der Waals surface area contributed by atoms with Crippen molar-refractivity contribution in [3.05, 3.63) is 46.0 Å². The number of nitro groups is 1. The van der Waals surface area contributed by atoms with Gasteiger partial charge in [-0.2, -0.15) is 0 Å². The molecule has 0 aromatic heterocycles. The van der Waals surface area contributed by atoms with Gasteiger partial charge in [0.1, 0.15) is 5.78 Å². The van der Waals surface area contributed by atoms with Crippen molar-refractivity contribution < 1.29 is 9.72 Å². The predicted molar refractivity (Wildman–Crippen MR) is 75.9 cm³/mol. The van der Waals surface area contributed by atoms with Crippen molar-refractivity contribution in [2.75, 3.05) is 13.1 Å². The van der Waals surface area contributed by atoms with Crippen molar-refractivity contribution in [1.82, 2.24) is 4.90 Å². The second kappa shape index (κ2) is 6.61. The number of hydrogen-bond acceptors (Lipinski definition) is 4. The quantitative estimate of drug-likeness (QED) is 0.610. The van der Waals surface area contributed by atoms with Gasteiger partial charge in [0.15, 0.2) is 0 Å². The van der Waals surface area contributed by atoms with Crippen LogP contribution < -0.4 is 0 Å². The molecule has 5 heteroatoms. The molecule has 2 rings (SSSR count). The Balaban J connectivity index is 1.99. The third-order valence-corrected chi connectivity index (χ3v) is 3.87. The molecule has 1 fully saturated rings. The number of rotatable bonds is 5. The van der Waals surface area contributed by atoms with Crippen molar-refractivity contribution in [2.45, 2.75) is 32.4 Å². The minimum atomic E-state index is -0.628. The minimum absolute atomic E-state index is 0.0401. The van der Waals surface area contributed by atoms with Crippen molar-refractivity contribution >= 4 is 5.78 Å². The Morgan fingerprint density at radius 3 is 2.70 bits per heavy atom. The summed E-state index contributed by atoms with van der Waals surface area (Å²) in [5.74, 6) is -0.0760. The summed E-state index contributed by atoms with van der Waals surface area (Å²) in [6, 6.07) is 9.34. The van der Waals surface area contributed by atoms with E-state index in [2.05, 4.69) is 4.90 Å². The maximum absolute atomic E-state index is 11.2. The molecule has 0 saturated carbocycles. The van der Waals surface area contributed by atoms with E-state index in [-0.39, 0.29) is 16.6 Å². The Morgan fingerprint density at radius 2 is 2.10 bits per heavy atom. The van der Waals surface area contributed by atoms with Gasteiger partial charge in [0.25, 0.3) is 0 Å². The molecule has 1 aromatic rings. The Labute approximate surface area is 118 Å². The SMILES string of the molecule is CC(=O)CC1CCN(Cc2ccccc2)CC1[N+](=O)[O-]. The van der Waals surface area contributed by atoms with Gasteiger partial charge in [0.2, 0.25) is 6.04 Å². The van der Waals surface area contributed by atoms with E-state index in [0.29, 0.717) is 13.0 Å². The number of likely N-dealkylation sites (tertiary alicyclic amines) is 1. The minimum Gasteiger partial charge on any atom is -0.300 e. The summed E-state index contributed by atoms with van der Waals surface area (Å²) in [5.41, 5.74) is 1.17. The molecule has 108 valence electrons. The van der Waals surface area contributed by atoms with Crippen LogP contribution in [0.1, 0.15) is 25.3 Å². The molecule has 5 nitrogen and oxygen atoms in total. The molecule has 1 aromatic carbocycles. The van der Waals surface area contributed by atoms with Gasteiger partial charge >= 0.3 is 0 Å². The number of piperidine rings is 1. The average Bonchev–Trinajstić information content (AvgIpc) is 2.41. The third-order valence-electron chi connectivity index (χ3n) is 3.87. The molecule has 0 aliphatic carbocycles. The fraction of sp³-hybridized carbons (Fsp3) is 0.533. The van der Waals surface area contributed by atoms with Gasteiger partial charge in [-0.25, -0.2) is 0 Å². The van der Waals surface area contributed by atoms with Crippen LogP contribution in [0.15, 0.2) is 30.3 Å². The summed E-state index contributed by atoms with van der Waals surface area (Å²) in [5, 5.41) is 11.2. The number of carbonyl (C=O) groups is 1. The second-order valence-corrected chi connectivity index (χ2v) is 5.53. The number of hydrogen-bond donors (Lipinski definition) is 0. The van der Waals surface area contributed by atoms with Crippen LogP contribution in [0.5, 0.6) is 0 Å². The lowest BCUT2D eigenvalue weighted by Gasteiger charge is -2.33. The molecule has 0 radical (unpaired) electrons. The van der Waals surface area contributed by atoms with Gasteiger partial charge < -0.3 is 4.79 Å². The van der Waals surface area contributed by atoms with Crippen molar-refractivity contribution in [3.8, 4) is 0 Å². The van der Waals surface area contributed by atoms with E-state index in [0.717, 1.165) is 19.5 Å². The molecule has 1 heterocycles. The number of Topliss-reactive ketones (excluding diaryl/α,β-unsaturated/α-hetero) is 1. The third kappa shape index (κ3) is 3.87. The summed E-state index contributed by atoms with van der Waals surface area (Å²) in [4.78, 5) is 24.3. The number of benzene rings is 1. The van der Waals surface area contributed by atoms with Crippen molar-refractivity contribution in [3.63, 3.8) is 0 Å². The number of carbonyl (C=O) groups excluding carboxylic acids is 1.